The highest BCUT2D eigenvalue weighted by molar-refractivity contribution is 5.84. The number of rotatable bonds is 6. The average Bonchev–Trinajstić information content (AvgIpc) is 3.23. The molecule has 0 radical (unpaired) electrons. The minimum absolute atomic E-state index is 0.0459. The molecule has 0 amide bonds. The molecular weight excluding hydrogens is 432 g/mol. The minimum Gasteiger partial charge on any atom is -0.344 e. The van der Waals surface area contributed by atoms with E-state index in [2.05, 4.69) is 27.9 Å². The van der Waals surface area contributed by atoms with E-state index in [-0.39, 0.29) is 24.3 Å². The number of nitriles is 1. The molecule has 1 aromatic carbocycles. The van der Waals surface area contributed by atoms with Crippen LogP contribution in [0.4, 0.5) is 5.95 Å². The van der Waals surface area contributed by atoms with Gasteiger partial charge in [-0.15, -0.1) is 5.92 Å². The summed E-state index contributed by atoms with van der Waals surface area (Å²) in [4.78, 5) is 37.7. The summed E-state index contributed by atoms with van der Waals surface area (Å²) in [6.45, 7) is 2.84. The second kappa shape index (κ2) is 9.22. The van der Waals surface area contributed by atoms with E-state index in [4.69, 9.17) is 5.73 Å². The van der Waals surface area contributed by atoms with Gasteiger partial charge >= 0.3 is 5.69 Å². The standard InChI is InChI=1S/C24H24N8O2/c1-4-5-12-31-20-21(28-23(31)29(2)13-11-25)30(3)24(34)32(22(20)33)15-18-10-9-16-7-6-8-17(14-26)19(16)27-18/h6-10H,11-13,15,25H2,1-3H3. The first-order valence-corrected chi connectivity index (χ1v) is 10.7. The number of aryl methyl sites for hydroxylation is 1. The predicted octanol–water partition coefficient (Wildman–Crippen LogP) is 0.783. The number of pyridine rings is 1. The molecule has 0 aliphatic carbocycles. The van der Waals surface area contributed by atoms with E-state index in [0.717, 1.165) is 9.95 Å². The molecule has 3 heterocycles. The first kappa shape index (κ1) is 22.8. The Hall–Kier alpha value is -4.41. The van der Waals surface area contributed by atoms with Crippen LogP contribution in [-0.4, -0.2) is 43.8 Å². The van der Waals surface area contributed by atoms with Crippen molar-refractivity contribution in [2.24, 2.45) is 12.8 Å². The summed E-state index contributed by atoms with van der Waals surface area (Å²) >= 11 is 0. The summed E-state index contributed by atoms with van der Waals surface area (Å²) in [7, 11) is 3.41. The van der Waals surface area contributed by atoms with Crippen LogP contribution in [0.1, 0.15) is 18.2 Å². The molecule has 0 bridgehead atoms. The van der Waals surface area contributed by atoms with Crippen LogP contribution in [0, 0.1) is 23.2 Å². The third-order valence-corrected chi connectivity index (χ3v) is 5.65. The van der Waals surface area contributed by atoms with Gasteiger partial charge in [0.25, 0.3) is 5.56 Å². The molecule has 4 rings (SSSR count). The average molecular weight is 457 g/mol. The summed E-state index contributed by atoms with van der Waals surface area (Å²) in [5.41, 5.74) is 6.74. The molecular formula is C24H24N8O2. The van der Waals surface area contributed by atoms with Crippen LogP contribution in [0.5, 0.6) is 0 Å². The van der Waals surface area contributed by atoms with Gasteiger partial charge in [-0.2, -0.15) is 10.2 Å². The van der Waals surface area contributed by atoms with Gasteiger partial charge in [0, 0.05) is 32.6 Å². The number of fused-ring (bicyclic) bond motifs is 2. The molecule has 4 aromatic rings. The fraction of sp³-hybridized carbons (Fsp3) is 0.292. The Labute approximate surface area is 195 Å². The Morgan fingerprint density at radius 3 is 2.65 bits per heavy atom. The van der Waals surface area contributed by atoms with Gasteiger partial charge in [0.15, 0.2) is 11.2 Å². The molecule has 0 atom stereocenters. The molecule has 10 nitrogen and oxygen atoms in total. The smallest absolute Gasteiger partial charge is 0.332 e. The number of hydrogen-bond donors (Lipinski definition) is 1. The largest absolute Gasteiger partial charge is 0.344 e. The third kappa shape index (κ3) is 3.81. The second-order valence-corrected chi connectivity index (χ2v) is 7.83. The maximum absolute atomic E-state index is 13.6. The van der Waals surface area contributed by atoms with Crippen molar-refractivity contribution < 1.29 is 0 Å². The van der Waals surface area contributed by atoms with Crippen molar-refractivity contribution in [1.82, 2.24) is 23.7 Å². The number of aromatic nitrogens is 5. The number of benzene rings is 1. The highest BCUT2D eigenvalue weighted by Gasteiger charge is 2.22. The van der Waals surface area contributed by atoms with E-state index in [0.29, 0.717) is 35.8 Å². The van der Waals surface area contributed by atoms with Gasteiger partial charge < -0.3 is 10.6 Å². The van der Waals surface area contributed by atoms with Gasteiger partial charge in [-0.3, -0.25) is 18.5 Å². The predicted molar refractivity (Wildman–Crippen MR) is 131 cm³/mol. The number of likely N-dealkylation sites (N-methyl/N-ethyl adjacent to an activating group) is 1. The van der Waals surface area contributed by atoms with Crippen molar-refractivity contribution in [3.63, 3.8) is 0 Å². The first-order valence-electron chi connectivity index (χ1n) is 10.7. The monoisotopic (exact) mass is 456 g/mol. The minimum atomic E-state index is -0.507. The Morgan fingerprint density at radius 2 is 1.94 bits per heavy atom. The summed E-state index contributed by atoms with van der Waals surface area (Å²) in [6, 6.07) is 11.0. The highest BCUT2D eigenvalue weighted by Crippen LogP contribution is 2.19. The maximum atomic E-state index is 13.6. The molecule has 3 aromatic heterocycles. The van der Waals surface area contributed by atoms with Gasteiger partial charge in [-0.1, -0.05) is 24.1 Å². The van der Waals surface area contributed by atoms with Crippen LogP contribution in [0.15, 0.2) is 39.9 Å². The Kier molecular flexibility index (Phi) is 6.17. The normalized spacial score (nSPS) is 10.8. The van der Waals surface area contributed by atoms with Gasteiger partial charge in [0.2, 0.25) is 5.95 Å². The van der Waals surface area contributed by atoms with E-state index in [1.807, 2.05) is 24.1 Å². The lowest BCUT2D eigenvalue weighted by atomic mass is 10.1. The fourth-order valence-corrected chi connectivity index (χ4v) is 3.92. The number of imidazole rings is 1. The van der Waals surface area contributed by atoms with Crippen LogP contribution in [0.3, 0.4) is 0 Å². The van der Waals surface area contributed by atoms with Gasteiger partial charge in [-0.05, 0) is 19.1 Å². The van der Waals surface area contributed by atoms with Crippen molar-refractivity contribution in [1.29, 1.82) is 5.26 Å². The Morgan fingerprint density at radius 1 is 1.15 bits per heavy atom. The SMILES string of the molecule is CC#CCn1c(N(C)CCN)nc2c1c(=O)n(Cc1ccc3cccc(C#N)c3n1)c(=O)n2C. The molecule has 172 valence electrons. The zero-order valence-corrected chi connectivity index (χ0v) is 19.2. The molecule has 34 heavy (non-hydrogen) atoms. The van der Waals surface area contributed by atoms with E-state index >= 15 is 0 Å². The van der Waals surface area contributed by atoms with Crippen molar-refractivity contribution in [3.05, 3.63) is 62.4 Å². The molecule has 0 aliphatic rings. The van der Waals surface area contributed by atoms with Crippen LogP contribution in [0.25, 0.3) is 22.1 Å². The van der Waals surface area contributed by atoms with Crippen LogP contribution >= 0.6 is 0 Å². The lowest BCUT2D eigenvalue weighted by Gasteiger charge is -2.17. The zero-order chi connectivity index (χ0) is 24.4. The fourth-order valence-electron chi connectivity index (χ4n) is 3.92. The number of nitrogens with two attached hydrogens (primary N) is 1. The van der Waals surface area contributed by atoms with Crippen molar-refractivity contribution >= 4 is 28.0 Å². The molecule has 0 fully saturated rings. The number of para-hydroxylation sites is 1. The van der Waals surface area contributed by atoms with E-state index in [9.17, 15) is 14.9 Å². The van der Waals surface area contributed by atoms with E-state index < -0.39 is 11.2 Å². The summed E-state index contributed by atoms with van der Waals surface area (Å²) in [5, 5.41) is 10.2. The van der Waals surface area contributed by atoms with Gasteiger partial charge in [0.1, 0.15) is 6.07 Å². The molecule has 0 spiro atoms. The van der Waals surface area contributed by atoms with Crippen molar-refractivity contribution in [3.8, 4) is 17.9 Å². The van der Waals surface area contributed by atoms with E-state index in [1.54, 1.807) is 36.7 Å². The molecule has 10 heteroatoms. The Balaban J connectivity index is 1.93. The van der Waals surface area contributed by atoms with Crippen LogP contribution in [0.2, 0.25) is 0 Å². The van der Waals surface area contributed by atoms with E-state index in [1.165, 1.54) is 4.57 Å². The molecule has 0 unspecified atom stereocenters. The quantitative estimate of drug-likeness (QED) is 0.425. The lowest BCUT2D eigenvalue weighted by Crippen LogP contribution is -2.40. The maximum Gasteiger partial charge on any atom is 0.332 e. The van der Waals surface area contributed by atoms with Gasteiger partial charge in [0.05, 0.1) is 29.9 Å². The molecule has 0 saturated carbocycles. The van der Waals surface area contributed by atoms with Crippen LogP contribution < -0.4 is 21.9 Å². The van der Waals surface area contributed by atoms with Gasteiger partial charge in [-0.25, -0.2) is 9.78 Å². The second-order valence-electron chi connectivity index (χ2n) is 7.83. The number of hydrogen-bond acceptors (Lipinski definition) is 7. The zero-order valence-electron chi connectivity index (χ0n) is 19.2. The molecule has 0 aliphatic heterocycles. The number of anilines is 1. The van der Waals surface area contributed by atoms with Crippen molar-refractivity contribution in [2.45, 2.75) is 20.0 Å². The van der Waals surface area contributed by atoms with Crippen molar-refractivity contribution in [2.75, 3.05) is 25.0 Å². The summed E-state index contributed by atoms with van der Waals surface area (Å²) < 4.78 is 4.20. The first-order chi connectivity index (χ1) is 16.4. The Bertz CT molecular complexity index is 1630. The highest BCUT2D eigenvalue weighted by atomic mass is 16.2. The lowest BCUT2D eigenvalue weighted by molar-refractivity contribution is 0.646. The number of nitrogens with zero attached hydrogens (tertiary/aromatic N) is 7. The summed E-state index contributed by atoms with van der Waals surface area (Å²) in [5.74, 6) is 6.33. The summed E-state index contributed by atoms with van der Waals surface area (Å²) in [6.07, 6.45) is 0. The molecule has 2 N–H and O–H groups in total. The molecule has 0 saturated heterocycles. The third-order valence-electron chi connectivity index (χ3n) is 5.65. The van der Waals surface area contributed by atoms with Crippen LogP contribution in [-0.2, 0) is 20.1 Å². The topological polar surface area (TPSA) is 128 Å².